The van der Waals surface area contributed by atoms with Gasteiger partial charge in [0.1, 0.15) is 5.82 Å². The number of benzene rings is 1. The van der Waals surface area contributed by atoms with E-state index in [1.54, 1.807) is 7.11 Å². The smallest absolute Gasteiger partial charge is 0.312 e. The summed E-state index contributed by atoms with van der Waals surface area (Å²) in [6, 6.07) is 10.1. The minimum atomic E-state index is -0.936. The number of amides is 1. The number of anilines is 1. The Kier molecular flexibility index (Phi) is 9.81. The highest BCUT2D eigenvalue weighted by molar-refractivity contribution is 5.81. The van der Waals surface area contributed by atoms with Crippen LogP contribution in [0.15, 0.2) is 30.3 Å². The SMILES string of the molecule is COC(C)(C)C1Cc2c(cccc2C(CNC(=O)[C@@H]2CCCN(CCCc3ccc4c(n3)NCCC4)C2)C(=O)O)CO1. The summed E-state index contributed by atoms with van der Waals surface area (Å²) in [6.45, 7) is 8.04. The maximum atomic E-state index is 13.3. The maximum Gasteiger partial charge on any atom is 0.312 e. The molecule has 0 spiro atoms. The van der Waals surface area contributed by atoms with Gasteiger partial charge in [0.25, 0.3) is 0 Å². The predicted molar refractivity (Wildman–Crippen MR) is 162 cm³/mol. The highest BCUT2D eigenvalue weighted by Gasteiger charge is 2.36. The zero-order valence-electron chi connectivity index (χ0n) is 25.3. The highest BCUT2D eigenvalue weighted by atomic mass is 16.5. The summed E-state index contributed by atoms with van der Waals surface area (Å²) in [5.74, 6) is -0.916. The van der Waals surface area contributed by atoms with Gasteiger partial charge in [-0.2, -0.15) is 0 Å². The van der Waals surface area contributed by atoms with Crippen molar-refractivity contribution in [1.82, 2.24) is 15.2 Å². The largest absolute Gasteiger partial charge is 0.481 e. The van der Waals surface area contributed by atoms with E-state index in [-0.39, 0.29) is 24.5 Å². The number of carbonyl (C=O) groups is 2. The number of hydrogen-bond acceptors (Lipinski definition) is 7. The van der Waals surface area contributed by atoms with Crippen LogP contribution in [0.1, 0.15) is 73.4 Å². The van der Waals surface area contributed by atoms with Crippen LogP contribution in [-0.4, -0.2) is 78.4 Å². The van der Waals surface area contributed by atoms with Gasteiger partial charge in [0.2, 0.25) is 5.91 Å². The van der Waals surface area contributed by atoms with Crippen LogP contribution >= 0.6 is 0 Å². The van der Waals surface area contributed by atoms with Crippen LogP contribution in [0.2, 0.25) is 0 Å². The minimum Gasteiger partial charge on any atom is -0.481 e. The van der Waals surface area contributed by atoms with Crippen molar-refractivity contribution in [2.75, 3.05) is 45.2 Å². The molecule has 1 fully saturated rings. The molecule has 3 aliphatic rings. The van der Waals surface area contributed by atoms with E-state index in [9.17, 15) is 14.7 Å². The van der Waals surface area contributed by atoms with Crippen molar-refractivity contribution in [2.24, 2.45) is 5.92 Å². The molecule has 3 atom stereocenters. The summed E-state index contributed by atoms with van der Waals surface area (Å²) < 4.78 is 11.7. The molecule has 2 aromatic rings. The second-order valence-corrected chi connectivity index (χ2v) is 12.5. The lowest BCUT2D eigenvalue weighted by molar-refractivity contribution is -0.139. The predicted octanol–water partition coefficient (Wildman–Crippen LogP) is 3.94. The number of likely N-dealkylation sites (tertiary alicyclic amines) is 1. The third kappa shape index (κ3) is 7.13. The number of methoxy groups -OCH3 is 1. The molecular formula is C33H46N4O5. The number of rotatable bonds is 11. The summed E-state index contributed by atoms with van der Waals surface area (Å²) in [7, 11) is 1.66. The molecule has 0 bridgehead atoms. The normalized spacial score (nSPS) is 21.5. The van der Waals surface area contributed by atoms with Gasteiger partial charge in [0.05, 0.1) is 30.1 Å². The monoisotopic (exact) mass is 578 g/mol. The van der Waals surface area contributed by atoms with E-state index in [0.29, 0.717) is 19.6 Å². The van der Waals surface area contributed by atoms with Gasteiger partial charge in [0.15, 0.2) is 0 Å². The van der Waals surface area contributed by atoms with Gasteiger partial charge in [-0.1, -0.05) is 24.3 Å². The molecule has 228 valence electrons. The van der Waals surface area contributed by atoms with Gasteiger partial charge in [-0.05, 0) is 93.8 Å². The van der Waals surface area contributed by atoms with Crippen LogP contribution in [0.4, 0.5) is 5.82 Å². The molecule has 42 heavy (non-hydrogen) atoms. The van der Waals surface area contributed by atoms with E-state index in [4.69, 9.17) is 14.5 Å². The lowest BCUT2D eigenvalue weighted by Crippen LogP contribution is -2.45. The van der Waals surface area contributed by atoms with E-state index >= 15 is 0 Å². The first-order chi connectivity index (χ1) is 20.2. The number of piperidine rings is 1. The molecule has 9 nitrogen and oxygen atoms in total. The fourth-order valence-corrected chi connectivity index (χ4v) is 6.52. The summed E-state index contributed by atoms with van der Waals surface area (Å²) >= 11 is 0. The van der Waals surface area contributed by atoms with Gasteiger partial charge in [-0.15, -0.1) is 0 Å². The Bertz CT molecular complexity index is 1260. The van der Waals surface area contributed by atoms with Crippen LogP contribution in [0.25, 0.3) is 0 Å². The number of carboxylic acids is 1. The lowest BCUT2D eigenvalue weighted by Gasteiger charge is -2.37. The molecule has 0 radical (unpaired) electrons. The van der Waals surface area contributed by atoms with Crippen molar-refractivity contribution in [1.29, 1.82) is 0 Å². The minimum absolute atomic E-state index is 0.0556. The number of carboxylic acid groups (broad SMARTS) is 1. The Hall–Kier alpha value is -3.01. The molecule has 4 heterocycles. The number of ether oxygens (including phenoxy) is 2. The Labute approximate surface area is 249 Å². The molecule has 0 saturated carbocycles. The second-order valence-electron chi connectivity index (χ2n) is 12.5. The molecule has 5 rings (SSSR count). The topological polar surface area (TPSA) is 113 Å². The number of carbonyl (C=O) groups excluding carboxylic acids is 1. The van der Waals surface area contributed by atoms with Gasteiger partial charge >= 0.3 is 5.97 Å². The number of nitrogens with one attached hydrogen (secondary N) is 2. The molecule has 1 amide bonds. The van der Waals surface area contributed by atoms with Crippen molar-refractivity contribution in [3.8, 4) is 0 Å². The number of pyridine rings is 1. The first kappa shape index (κ1) is 30.4. The first-order valence-electron chi connectivity index (χ1n) is 15.5. The fraction of sp³-hybridized carbons (Fsp3) is 0.606. The summed E-state index contributed by atoms with van der Waals surface area (Å²) in [6.07, 6.45) is 6.32. The number of hydrogen-bond donors (Lipinski definition) is 3. The van der Waals surface area contributed by atoms with Crippen LogP contribution in [0.3, 0.4) is 0 Å². The van der Waals surface area contributed by atoms with Crippen molar-refractivity contribution in [3.63, 3.8) is 0 Å². The van der Waals surface area contributed by atoms with Crippen molar-refractivity contribution < 1.29 is 24.2 Å². The molecule has 2 unspecified atom stereocenters. The van der Waals surface area contributed by atoms with Crippen LogP contribution < -0.4 is 10.6 Å². The van der Waals surface area contributed by atoms with Crippen LogP contribution in [0, 0.1) is 5.92 Å². The lowest BCUT2D eigenvalue weighted by atomic mass is 9.83. The zero-order chi connectivity index (χ0) is 29.7. The molecule has 0 aliphatic carbocycles. The van der Waals surface area contributed by atoms with Gasteiger partial charge in [0, 0.05) is 38.9 Å². The van der Waals surface area contributed by atoms with Gasteiger partial charge < -0.3 is 30.1 Å². The molecule has 3 aliphatic heterocycles. The van der Waals surface area contributed by atoms with E-state index in [2.05, 4.69) is 27.7 Å². The van der Waals surface area contributed by atoms with E-state index in [1.165, 1.54) is 5.56 Å². The standard InChI is InChI=1S/C33H46N4O5/c1-33(2,41-3)29-18-27-24(21-42-29)8-4-12-26(27)28(32(39)40)19-35-31(38)23-10-6-16-37(20-23)17-7-11-25-14-13-22-9-5-15-34-30(22)36-25/h4,8,12-14,23,28-29H,5-7,9-11,15-21H2,1-3H3,(H,34,36)(H,35,38)(H,39,40)/t23-,28?,29?/m1/s1. The molecule has 1 aromatic heterocycles. The van der Waals surface area contributed by atoms with Crippen molar-refractivity contribution in [2.45, 2.75) is 83.0 Å². The van der Waals surface area contributed by atoms with Crippen LogP contribution in [0.5, 0.6) is 0 Å². The van der Waals surface area contributed by atoms with Crippen molar-refractivity contribution in [3.05, 3.63) is 58.3 Å². The second kappa shape index (κ2) is 13.5. The van der Waals surface area contributed by atoms with Crippen LogP contribution in [-0.2, 0) is 44.9 Å². The molecule has 1 aromatic carbocycles. The first-order valence-corrected chi connectivity index (χ1v) is 15.5. The summed E-state index contributed by atoms with van der Waals surface area (Å²) in [4.78, 5) is 32.9. The summed E-state index contributed by atoms with van der Waals surface area (Å²) in [5, 5.41) is 16.6. The van der Waals surface area contributed by atoms with E-state index < -0.39 is 17.5 Å². The third-order valence-corrected chi connectivity index (χ3v) is 9.33. The zero-order valence-corrected chi connectivity index (χ0v) is 25.3. The van der Waals surface area contributed by atoms with E-state index in [1.807, 2.05) is 32.0 Å². The quantitative estimate of drug-likeness (QED) is 0.368. The Balaban J connectivity index is 1.15. The fourth-order valence-electron chi connectivity index (χ4n) is 6.52. The molecule has 3 N–H and O–H groups in total. The van der Waals surface area contributed by atoms with Gasteiger partial charge in [-0.3, -0.25) is 9.59 Å². The molecular weight excluding hydrogens is 532 g/mol. The number of aliphatic carboxylic acids is 1. The Morgan fingerprint density at radius 2 is 2.10 bits per heavy atom. The number of aromatic nitrogens is 1. The maximum absolute atomic E-state index is 13.3. The van der Waals surface area contributed by atoms with E-state index in [0.717, 1.165) is 86.4 Å². The highest BCUT2D eigenvalue weighted by Crippen LogP contribution is 2.33. The summed E-state index contributed by atoms with van der Waals surface area (Å²) in [5.41, 5.74) is 4.66. The number of aryl methyl sites for hydroxylation is 2. The average molecular weight is 579 g/mol. The number of fused-ring (bicyclic) bond motifs is 2. The molecule has 1 saturated heterocycles. The third-order valence-electron chi connectivity index (χ3n) is 9.33. The Morgan fingerprint density at radius 3 is 2.90 bits per heavy atom. The van der Waals surface area contributed by atoms with Crippen molar-refractivity contribution >= 4 is 17.7 Å². The average Bonchev–Trinajstić information content (AvgIpc) is 3.00. The molecule has 9 heteroatoms. The Morgan fingerprint density at radius 1 is 1.24 bits per heavy atom. The van der Waals surface area contributed by atoms with Gasteiger partial charge in [-0.25, -0.2) is 4.98 Å². The number of nitrogens with zero attached hydrogens (tertiary/aromatic N) is 2.